The van der Waals surface area contributed by atoms with E-state index < -0.39 is 0 Å². The molecule has 0 heterocycles. The number of nitrogens with zero attached hydrogens (tertiary/aromatic N) is 1. The van der Waals surface area contributed by atoms with Gasteiger partial charge in [0.25, 0.3) is 0 Å². The molecular weight excluding hydrogens is 158 g/mol. The van der Waals surface area contributed by atoms with Gasteiger partial charge < -0.3 is 0 Å². The second-order valence-electron chi connectivity index (χ2n) is 3.09. The summed E-state index contributed by atoms with van der Waals surface area (Å²) in [5.41, 5.74) is 4.65. The first kappa shape index (κ1) is 9.72. The van der Waals surface area contributed by atoms with E-state index in [-0.39, 0.29) is 0 Å². The summed E-state index contributed by atoms with van der Waals surface area (Å²) in [6.45, 7) is 9.88. The molecule has 1 nitrogen and oxygen atoms in total. The predicted octanol–water partition coefficient (Wildman–Crippen LogP) is 3.67. The molecule has 1 aromatic rings. The average Bonchev–Trinajstić information content (AvgIpc) is 2.11. The lowest BCUT2D eigenvalue weighted by Crippen LogP contribution is -1.83. The van der Waals surface area contributed by atoms with E-state index in [1.165, 1.54) is 11.1 Å². The van der Waals surface area contributed by atoms with Gasteiger partial charge in [-0.15, -0.1) is 0 Å². The van der Waals surface area contributed by atoms with Crippen LogP contribution in [-0.2, 0) is 0 Å². The Balaban J connectivity index is 3.32. The highest BCUT2D eigenvalue weighted by atomic mass is 14.7. The number of rotatable bonds is 2. The number of hydrogen-bond donors (Lipinski definition) is 0. The van der Waals surface area contributed by atoms with E-state index in [0.29, 0.717) is 0 Å². The van der Waals surface area contributed by atoms with E-state index >= 15 is 0 Å². The highest BCUT2D eigenvalue weighted by Crippen LogP contribution is 2.24. The van der Waals surface area contributed by atoms with Crippen LogP contribution in [0.4, 0.5) is 5.69 Å². The molecular formula is C12H15N. The number of hydrogen-bond acceptors (Lipinski definition) is 1. The van der Waals surface area contributed by atoms with E-state index in [4.69, 9.17) is 0 Å². The van der Waals surface area contributed by atoms with Crippen LogP contribution in [0.3, 0.4) is 0 Å². The maximum absolute atomic E-state index is 4.28. The number of aryl methyl sites for hydroxylation is 2. The molecule has 0 N–H and O–H groups in total. The van der Waals surface area contributed by atoms with Gasteiger partial charge in [-0.1, -0.05) is 12.7 Å². The molecule has 0 spiro atoms. The Kier molecular flexibility index (Phi) is 3.02. The van der Waals surface area contributed by atoms with E-state index in [2.05, 4.69) is 37.6 Å². The second kappa shape index (κ2) is 4.04. The normalized spacial score (nSPS) is 10.7. The van der Waals surface area contributed by atoms with Crippen LogP contribution >= 0.6 is 0 Å². The lowest BCUT2D eigenvalue weighted by Gasteiger charge is -2.05. The van der Waals surface area contributed by atoms with Gasteiger partial charge in [0.15, 0.2) is 0 Å². The van der Waals surface area contributed by atoms with Gasteiger partial charge in [-0.05, 0) is 49.6 Å². The molecule has 0 aliphatic rings. The highest BCUT2D eigenvalue weighted by molar-refractivity contribution is 5.70. The van der Waals surface area contributed by atoms with Crippen LogP contribution in [0.5, 0.6) is 0 Å². The Labute approximate surface area is 79.8 Å². The van der Waals surface area contributed by atoms with Crippen molar-refractivity contribution in [2.24, 2.45) is 4.99 Å². The minimum atomic E-state index is 1.00. The Bertz CT molecular complexity index is 348. The standard InChI is InChI=1S/C12H15N/c1-5-11-7-9(3)10(4)8-12(11)13-6-2/h5-8H,1H2,2-4H3/b13-6-. The second-order valence-corrected chi connectivity index (χ2v) is 3.09. The van der Waals surface area contributed by atoms with E-state index in [0.717, 1.165) is 11.3 Å². The first-order valence-electron chi connectivity index (χ1n) is 4.41. The van der Waals surface area contributed by atoms with Gasteiger partial charge in [-0.3, -0.25) is 4.99 Å². The molecule has 0 fully saturated rings. The van der Waals surface area contributed by atoms with Crippen molar-refractivity contribution in [3.05, 3.63) is 35.4 Å². The summed E-state index contributed by atoms with van der Waals surface area (Å²) in [6.07, 6.45) is 3.64. The van der Waals surface area contributed by atoms with Crippen molar-refractivity contribution in [2.75, 3.05) is 0 Å². The highest BCUT2D eigenvalue weighted by Gasteiger charge is 2.00. The minimum Gasteiger partial charge on any atom is -0.261 e. The summed E-state index contributed by atoms with van der Waals surface area (Å²) in [6, 6.07) is 4.21. The number of benzene rings is 1. The first-order chi connectivity index (χ1) is 6.19. The molecule has 0 amide bonds. The van der Waals surface area contributed by atoms with Crippen LogP contribution in [0.25, 0.3) is 6.08 Å². The summed E-state index contributed by atoms with van der Waals surface area (Å²) in [7, 11) is 0. The van der Waals surface area contributed by atoms with Crippen molar-refractivity contribution < 1.29 is 0 Å². The van der Waals surface area contributed by atoms with Crippen molar-refractivity contribution in [3.8, 4) is 0 Å². The maximum Gasteiger partial charge on any atom is 0.0700 e. The molecule has 0 radical (unpaired) electrons. The van der Waals surface area contributed by atoms with Crippen molar-refractivity contribution in [2.45, 2.75) is 20.8 Å². The van der Waals surface area contributed by atoms with Crippen LogP contribution < -0.4 is 0 Å². The Hall–Kier alpha value is -1.37. The quantitative estimate of drug-likeness (QED) is 0.605. The zero-order valence-corrected chi connectivity index (χ0v) is 8.46. The molecule has 0 aliphatic carbocycles. The monoisotopic (exact) mass is 173 g/mol. The van der Waals surface area contributed by atoms with Gasteiger partial charge >= 0.3 is 0 Å². The molecule has 0 saturated heterocycles. The summed E-state index contributed by atoms with van der Waals surface area (Å²) >= 11 is 0. The predicted molar refractivity (Wildman–Crippen MR) is 59.8 cm³/mol. The van der Waals surface area contributed by atoms with Gasteiger partial charge in [-0.25, -0.2) is 0 Å². The Morgan fingerprint density at radius 2 is 1.85 bits per heavy atom. The fourth-order valence-electron chi connectivity index (χ4n) is 1.24. The molecule has 1 rings (SSSR count). The van der Waals surface area contributed by atoms with Crippen molar-refractivity contribution >= 4 is 18.0 Å². The van der Waals surface area contributed by atoms with Gasteiger partial charge in [0.05, 0.1) is 5.69 Å². The fourth-order valence-corrected chi connectivity index (χ4v) is 1.24. The third-order valence-electron chi connectivity index (χ3n) is 2.13. The molecule has 0 unspecified atom stereocenters. The Morgan fingerprint density at radius 1 is 1.23 bits per heavy atom. The molecule has 0 saturated carbocycles. The Morgan fingerprint density at radius 3 is 2.38 bits per heavy atom. The van der Waals surface area contributed by atoms with Crippen LogP contribution in [0.15, 0.2) is 23.7 Å². The van der Waals surface area contributed by atoms with E-state index in [9.17, 15) is 0 Å². The summed E-state index contributed by atoms with van der Waals surface area (Å²) < 4.78 is 0. The van der Waals surface area contributed by atoms with Gasteiger partial charge in [0, 0.05) is 6.21 Å². The largest absolute Gasteiger partial charge is 0.261 e. The van der Waals surface area contributed by atoms with Crippen LogP contribution in [0.2, 0.25) is 0 Å². The summed E-state index contributed by atoms with van der Waals surface area (Å²) in [5.74, 6) is 0. The SMILES string of the molecule is C=Cc1cc(C)c(C)cc1/N=C\C. The molecule has 0 aliphatic heterocycles. The zero-order valence-electron chi connectivity index (χ0n) is 8.46. The maximum atomic E-state index is 4.28. The van der Waals surface area contributed by atoms with Crippen molar-refractivity contribution in [1.29, 1.82) is 0 Å². The third-order valence-corrected chi connectivity index (χ3v) is 2.13. The third kappa shape index (κ3) is 2.05. The average molecular weight is 173 g/mol. The van der Waals surface area contributed by atoms with Crippen LogP contribution in [0.1, 0.15) is 23.6 Å². The minimum absolute atomic E-state index is 1.00. The zero-order chi connectivity index (χ0) is 9.84. The fraction of sp³-hybridized carbons (Fsp3) is 0.250. The van der Waals surface area contributed by atoms with Crippen molar-refractivity contribution in [3.63, 3.8) is 0 Å². The van der Waals surface area contributed by atoms with Crippen molar-refractivity contribution in [1.82, 2.24) is 0 Å². The topological polar surface area (TPSA) is 12.4 Å². The smallest absolute Gasteiger partial charge is 0.0700 e. The van der Waals surface area contributed by atoms with Gasteiger partial charge in [-0.2, -0.15) is 0 Å². The van der Waals surface area contributed by atoms with E-state index in [1.807, 2.05) is 13.0 Å². The van der Waals surface area contributed by atoms with Gasteiger partial charge in [0.2, 0.25) is 0 Å². The summed E-state index contributed by atoms with van der Waals surface area (Å²) in [5, 5.41) is 0. The molecule has 0 bridgehead atoms. The van der Waals surface area contributed by atoms with Crippen LogP contribution in [-0.4, -0.2) is 6.21 Å². The van der Waals surface area contributed by atoms with E-state index in [1.54, 1.807) is 6.21 Å². The van der Waals surface area contributed by atoms with Gasteiger partial charge in [0.1, 0.15) is 0 Å². The lowest BCUT2D eigenvalue weighted by atomic mass is 10.0. The summed E-state index contributed by atoms with van der Waals surface area (Å²) in [4.78, 5) is 4.28. The molecule has 1 aromatic carbocycles. The van der Waals surface area contributed by atoms with Crippen LogP contribution in [0, 0.1) is 13.8 Å². The molecule has 1 heteroatoms. The molecule has 0 aromatic heterocycles. The lowest BCUT2D eigenvalue weighted by molar-refractivity contribution is 1.32. The molecule has 68 valence electrons. The first-order valence-corrected chi connectivity index (χ1v) is 4.41. The molecule has 0 atom stereocenters. The number of aliphatic imine (C=N–C) groups is 1. The molecule has 13 heavy (non-hydrogen) atoms.